The third kappa shape index (κ3) is 4.09. The van der Waals surface area contributed by atoms with Gasteiger partial charge in [0, 0.05) is 28.9 Å². The number of ether oxygens (including phenoxy) is 1. The molecule has 2 fully saturated rings. The first-order valence-electron chi connectivity index (χ1n) is 12.2. The minimum Gasteiger partial charge on any atom is -0.393 e. The topological polar surface area (TPSA) is 97.1 Å². The van der Waals surface area contributed by atoms with Crippen LogP contribution in [0.5, 0.6) is 0 Å². The third-order valence-corrected chi connectivity index (χ3v) is 5.35. The molecule has 3 aromatic rings. The largest absolute Gasteiger partial charge is 0.393 e. The highest BCUT2D eigenvalue weighted by Gasteiger charge is 2.27. The molecule has 11 heteroatoms. The van der Waals surface area contributed by atoms with Crippen molar-refractivity contribution < 1.29 is 28.5 Å². The molecule has 1 aliphatic carbocycles. The molecule has 1 aliphatic heterocycles. The number of aliphatic hydroxyl groups is 1. The number of nitrogens with zero attached hydrogens (tertiary/aromatic N) is 4. The van der Waals surface area contributed by atoms with E-state index in [4.69, 9.17) is 10.2 Å². The monoisotopic (exact) mass is 452 g/mol. The fraction of sp³-hybridized carbons (Fsp3) is 0.476. The van der Waals surface area contributed by atoms with Crippen LogP contribution in [0.1, 0.15) is 43.6 Å². The lowest BCUT2D eigenvalue weighted by Gasteiger charge is -2.26. The highest BCUT2D eigenvalue weighted by molar-refractivity contribution is 5.76. The second-order valence-electron chi connectivity index (χ2n) is 7.59. The molecule has 4 atom stereocenters. The van der Waals surface area contributed by atoms with E-state index >= 15 is 0 Å². The summed E-state index contributed by atoms with van der Waals surface area (Å²) in [7, 11) is 0. The van der Waals surface area contributed by atoms with Gasteiger partial charge in [-0.2, -0.15) is 4.98 Å². The number of hydrogen-bond acceptors (Lipinski definition) is 7. The molecule has 32 heavy (non-hydrogen) atoms. The molecule has 1 aromatic carbocycles. The number of rotatable bonds is 5. The van der Waals surface area contributed by atoms with Gasteiger partial charge in [-0.05, 0) is 32.0 Å². The van der Waals surface area contributed by atoms with E-state index in [9.17, 15) is 18.3 Å². The van der Waals surface area contributed by atoms with Gasteiger partial charge in [-0.25, -0.2) is 23.1 Å². The Kier molecular flexibility index (Phi) is 4.45. The van der Waals surface area contributed by atoms with Crippen LogP contribution in [0.4, 0.5) is 30.8 Å². The van der Waals surface area contributed by atoms with Gasteiger partial charge in [-0.3, -0.25) is 4.57 Å². The molecule has 170 valence electrons. The van der Waals surface area contributed by atoms with Crippen LogP contribution >= 0.6 is 0 Å². The van der Waals surface area contributed by atoms with E-state index in [-0.39, 0.29) is 42.1 Å². The average molecular weight is 452 g/mol. The van der Waals surface area contributed by atoms with Crippen LogP contribution in [0.15, 0.2) is 18.3 Å². The summed E-state index contributed by atoms with van der Waals surface area (Å²) in [4.78, 5) is 12.9. The zero-order valence-corrected chi connectivity index (χ0v) is 16.8. The van der Waals surface area contributed by atoms with Crippen molar-refractivity contribution in [3.8, 4) is 0 Å². The molecule has 0 amide bonds. The maximum absolute atomic E-state index is 14.3. The first kappa shape index (κ1) is 16.7. The first-order valence-corrected chi connectivity index (χ1v) is 10.1. The minimum atomic E-state index is -2.16. The zero-order chi connectivity index (χ0) is 25.8. The molecular formula is C21H23F3N6O2. The van der Waals surface area contributed by atoms with E-state index in [0.717, 1.165) is 0 Å². The van der Waals surface area contributed by atoms with Crippen LogP contribution in [-0.2, 0) is 4.74 Å². The summed E-state index contributed by atoms with van der Waals surface area (Å²) in [5.41, 5.74) is -0.0595. The number of anilines is 3. The lowest BCUT2D eigenvalue weighted by atomic mass is 9.93. The zero-order valence-electron chi connectivity index (χ0n) is 20.8. The molecule has 5 rings (SSSR count). The summed E-state index contributed by atoms with van der Waals surface area (Å²) < 4.78 is 81.7. The van der Waals surface area contributed by atoms with Crippen LogP contribution in [0.3, 0.4) is 0 Å². The quantitative estimate of drug-likeness (QED) is 0.544. The van der Waals surface area contributed by atoms with Crippen molar-refractivity contribution in [1.82, 2.24) is 19.5 Å². The predicted molar refractivity (Wildman–Crippen MR) is 111 cm³/mol. The number of aliphatic hydroxyl groups excluding tert-OH is 1. The van der Waals surface area contributed by atoms with Crippen molar-refractivity contribution in [3.63, 3.8) is 0 Å². The number of aromatic nitrogens is 4. The molecule has 8 nitrogen and oxygen atoms in total. The molecule has 4 unspecified atom stereocenters. The lowest BCUT2D eigenvalue weighted by molar-refractivity contribution is 0.126. The number of benzene rings is 1. The van der Waals surface area contributed by atoms with Crippen molar-refractivity contribution in [2.24, 2.45) is 0 Å². The minimum absolute atomic E-state index is 0.0280. The van der Waals surface area contributed by atoms with Crippen molar-refractivity contribution in [2.75, 3.05) is 23.8 Å². The third-order valence-electron chi connectivity index (χ3n) is 5.35. The van der Waals surface area contributed by atoms with Crippen molar-refractivity contribution in [2.45, 2.75) is 50.2 Å². The van der Waals surface area contributed by atoms with E-state index < -0.39 is 54.5 Å². The van der Waals surface area contributed by atoms with Gasteiger partial charge in [-0.1, -0.05) is 0 Å². The Morgan fingerprint density at radius 3 is 2.72 bits per heavy atom. The van der Waals surface area contributed by atoms with Gasteiger partial charge in [0.25, 0.3) is 0 Å². The molecule has 0 radical (unpaired) electrons. The molecule has 3 N–H and O–H groups in total. The number of hydrogen-bond donors (Lipinski definition) is 3. The van der Waals surface area contributed by atoms with Crippen molar-refractivity contribution in [3.05, 3.63) is 35.8 Å². The highest BCUT2D eigenvalue weighted by Crippen LogP contribution is 2.32. The molecule has 1 saturated carbocycles. The fourth-order valence-corrected chi connectivity index (χ4v) is 3.77. The average Bonchev–Trinajstić information content (AvgIpc) is 3.41. The summed E-state index contributed by atoms with van der Waals surface area (Å²) in [6.07, 6.45) is -3.57. The standard InChI is InChI=1S/C21H23F3N6O2/c22-11-7-15(23)18(16(24)8-11)28-21-27-17-9-25-20(26-12-1-3-14(31)4-2-12)29-19(17)30(21)13-5-6-32-10-13/h7-9,12-14,31H,1-6,10H2,(H,27,28)(H,25,26,29)/i3D,4D2,12D. The maximum atomic E-state index is 14.3. The lowest BCUT2D eigenvalue weighted by Crippen LogP contribution is -2.29. The van der Waals surface area contributed by atoms with Crippen LogP contribution in [0.25, 0.3) is 11.2 Å². The summed E-state index contributed by atoms with van der Waals surface area (Å²) in [5.74, 6) is -3.36. The maximum Gasteiger partial charge on any atom is 0.224 e. The van der Waals surface area contributed by atoms with Gasteiger partial charge in [-0.15, -0.1) is 0 Å². The molecule has 0 bridgehead atoms. The summed E-state index contributed by atoms with van der Waals surface area (Å²) in [5, 5.41) is 15.3. The number of fused-ring (bicyclic) bond motifs is 1. The molecule has 1 saturated heterocycles. The van der Waals surface area contributed by atoms with Gasteiger partial charge >= 0.3 is 0 Å². The Morgan fingerprint density at radius 2 is 2.00 bits per heavy atom. The van der Waals surface area contributed by atoms with E-state index in [2.05, 4.69) is 25.6 Å². The molecule has 2 aromatic heterocycles. The van der Waals surface area contributed by atoms with E-state index in [1.54, 1.807) is 4.57 Å². The van der Waals surface area contributed by atoms with Crippen molar-refractivity contribution >= 4 is 28.7 Å². The van der Waals surface area contributed by atoms with Gasteiger partial charge in [0.15, 0.2) is 17.3 Å². The Balaban J connectivity index is 1.53. The normalized spacial score (nSPS) is 31.6. The second-order valence-corrected chi connectivity index (χ2v) is 7.59. The predicted octanol–water partition coefficient (Wildman–Crippen LogP) is 3.66. The first-order chi connectivity index (χ1) is 17.0. The van der Waals surface area contributed by atoms with Gasteiger partial charge in [0.2, 0.25) is 11.9 Å². The molecular weight excluding hydrogens is 425 g/mol. The van der Waals surface area contributed by atoms with E-state index in [1.807, 2.05) is 0 Å². The van der Waals surface area contributed by atoms with Gasteiger partial charge in [0.1, 0.15) is 17.0 Å². The Morgan fingerprint density at radius 1 is 1.19 bits per heavy atom. The molecule has 3 heterocycles. The van der Waals surface area contributed by atoms with E-state index in [0.29, 0.717) is 25.2 Å². The fourth-order valence-electron chi connectivity index (χ4n) is 3.77. The highest BCUT2D eigenvalue weighted by atomic mass is 19.1. The number of imidazole rings is 1. The molecule has 0 spiro atoms. The summed E-state index contributed by atoms with van der Waals surface area (Å²) >= 11 is 0. The second kappa shape index (κ2) is 8.55. The molecule has 2 aliphatic rings. The van der Waals surface area contributed by atoms with Crippen LogP contribution in [0.2, 0.25) is 0 Å². The smallest absolute Gasteiger partial charge is 0.224 e. The Hall–Kier alpha value is -2.92. The number of nitrogens with one attached hydrogen (secondary N) is 2. The van der Waals surface area contributed by atoms with Crippen molar-refractivity contribution in [1.29, 1.82) is 0 Å². The van der Waals surface area contributed by atoms with E-state index in [1.165, 1.54) is 6.20 Å². The van der Waals surface area contributed by atoms with Gasteiger partial charge < -0.3 is 20.5 Å². The van der Waals surface area contributed by atoms with Crippen LogP contribution < -0.4 is 10.6 Å². The number of halogens is 3. The Bertz CT molecular complexity index is 1290. The summed E-state index contributed by atoms with van der Waals surface area (Å²) in [6, 6.07) is -0.864. The van der Waals surface area contributed by atoms with Gasteiger partial charge in [0.05, 0.1) is 26.3 Å². The van der Waals surface area contributed by atoms with Crippen LogP contribution in [0, 0.1) is 17.5 Å². The Labute approximate surface area is 187 Å². The summed E-state index contributed by atoms with van der Waals surface area (Å²) in [6.45, 7) is 0.722. The SMILES string of the molecule is [2H]C1CC([2H])(Nc2ncc3nc(Nc4c(F)cc(F)cc4F)n(C4CCOC4)c3n2)CC([2H])([2H])C1O. The van der Waals surface area contributed by atoms with Crippen LogP contribution in [-0.4, -0.2) is 50.0 Å².